The Balaban J connectivity index is 4.06. The van der Waals surface area contributed by atoms with Gasteiger partial charge in [-0.3, -0.25) is 18.6 Å². The average Bonchev–Trinajstić information content (AvgIpc) is 3.07. The maximum atomic E-state index is 12.4. The van der Waals surface area contributed by atoms with E-state index >= 15 is 0 Å². The molecule has 9 heteroatoms. The van der Waals surface area contributed by atoms with Crippen LogP contribution in [0.1, 0.15) is 174 Å². The molecule has 48 heavy (non-hydrogen) atoms. The number of esters is 2. The number of hydrogen-bond acceptors (Lipinski definition) is 7. The van der Waals surface area contributed by atoms with Gasteiger partial charge in [-0.15, -0.1) is 0 Å². The van der Waals surface area contributed by atoms with Gasteiger partial charge in [0.05, 0.1) is 6.61 Å². The molecule has 2 atom stereocenters. The lowest BCUT2D eigenvalue weighted by Crippen LogP contribution is -2.29. The first-order chi connectivity index (χ1) is 23.3. The molecule has 280 valence electrons. The summed E-state index contributed by atoms with van der Waals surface area (Å²) in [6, 6.07) is 0. The number of carbonyl (C=O) groups excluding carboxylic acids is 2. The first-order valence-corrected chi connectivity index (χ1v) is 20.7. The van der Waals surface area contributed by atoms with Crippen molar-refractivity contribution < 1.29 is 37.6 Å². The van der Waals surface area contributed by atoms with E-state index in [0.717, 1.165) is 71.3 Å². The standard InChI is InChI=1S/C39H71O8P/c1-4-6-8-10-12-14-16-17-18-19-20-21-22-23-24-26-28-30-32-34-39(41)47-37(36-46-48(42,43)44-3)35-45-38(40)33-31-29-27-25-15-13-11-9-7-5-2/h12,14,17-18,20-21,37H,4-11,13,15-16,19,22-36H2,1-3H3,(H,42,43)/b14-12-,18-17-,21-20-. The van der Waals surface area contributed by atoms with Gasteiger partial charge in [0.15, 0.2) is 6.10 Å². The summed E-state index contributed by atoms with van der Waals surface area (Å²) in [5.74, 6) is -0.819. The van der Waals surface area contributed by atoms with Crippen LogP contribution >= 0.6 is 7.82 Å². The Bertz CT molecular complexity index is 885. The number of rotatable bonds is 35. The molecule has 0 aliphatic rings. The first-order valence-electron chi connectivity index (χ1n) is 19.2. The molecule has 0 aromatic carbocycles. The molecule has 0 rings (SSSR count). The van der Waals surface area contributed by atoms with E-state index in [1.165, 1.54) is 77.0 Å². The van der Waals surface area contributed by atoms with E-state index in [1.54, 1.807) is 0 Å². The molecule has 0 aliphatic heterocycles. The molecule has 0 saturated heterocycles. The Kier molecular flexibility index (Phi) is 33.8. The van der Waals surface area contributed by atoms with Gasteiger partial charge in [0, 0.05) is 20.0 Å². The third-order valence-electron chi connectivity index (χ3n) is 8.14. The minimum absolute atomic E-state index is 0.229. The minimum atomic E-state index is -4.26. The summed E-state index contributed by atoms with van der Waals surface area (Å²) >= 11 is 0. The molecule has 0 aromatic heterocycles. The monoisotopic (exact) mass is 698 g/mol. The van der Waals surface area contributed by atoms with Gasteiger partial charge < -0.3 is 14.4 Å². The van der Waals surface area contributed by atoms with Crippen LogP contribution in [-0.2, 0) is 32.7 Å². The summed E-state index contributed by atoms with van der Waals surface area (Å²) in [5, 5.41) is 0. The smallest absolute Gasteiger partial charge is 0.462 e. The van der Waals surface area contributed by atoms with Crippen LogP contribution in [0.25, 0.3) is 0 Å². The van der Waals surface area contributed by atoms with Crippen molar-refractivity contribution in [3.8, 4) is 0 Å². The molecular formula is C39H71O8P. The van der Waals surface area contributed by atoms with E-state index in [9.17, 15) is 19.0 Å². The lowest BCUT2D eigenvalue weighted by molar-refractivity contribution is -0.161. The SMILES string of the molecule is CCCCC/C=C\C/C=C\C/C=C\CCCCCCCCC(=O)OC(COC(=O)CCCCCCCCCCCC)COP(=O)(O)OC. The molecule has 0 spiro atoms. The van der Waals surface area contributed by atoms with Crippen LogP contribution in [0.15, 0.2) is 36.5 Å². The van der Waals surface area contributed by atoms with E-state index < -0.39 is 26.5 Å². The van der Waals surface area contributed by atoms with Crippen molar-refractivity contribution >= 4 is 19.8 Å². The third-order valence-corrected chi connectivity index (χ3v) is 9.07. The normalized spacial score (nSPS) is 13.8. The Labute approximate surface area is 294 Å². The summed E-state index contributed by atoms with van der Waals surface area (Å²) in [6.45, 7) is 3.82. The highest BCUT2D eigenvalue weighted by molar-refractivity contribution is 7.47. The highest BCUT2D eigenvalue weighted by atomic mass is 31.2. The quantitative estimate of drug-likeness (QED) is 0.0301. The summed E-state index contributed by atoms with van der Waals surface area (Å²) in [5.41, 5.74) is 0. The van der Waals surface area contributed by atoms with Crippen molar-refractivity contribution in [3.05, 3.63) is 36.5 Å². The van der Waals surface area contributed by atoms with Crippen molar-refractivity contribution in [1.82, 2.24) is 0 Å². The Hall–Kier alpha value is -1.73. The van der Waals surface area contributed by atoms with Crippen molar-refractivity contribution in [2.24, 2.45) is 0 Å². The molecule has 0 heterocycles. The van der Waals surface area contributed by atoms with Gasteiger partial charge in [-0.05, 0) is 51.4 Å². The molecular weight excluding hydrogens is 627 g/mol. The average molecular weight is 699 g/mol. The van der Waals surface area contributed by atoms with E-state index in [1.807, 2.05) is 0 Å². The highest BCUT2D eigenvalue weighted by Crippen LogP contribution is 2.42. The molecule has 0 saturated carbocycles. The summed E-state index contributed by atoms with van der Waals surface area (Å²) in [6.07, 6.45) is 39.1. The van der Waals surface area contributed by atoms with Crippen LogP contribution in [0, 0.1) is 0 Å². The molecule has 8 nitrogen and oxygen atoms in total. The van der Waals surface area contributed by atoms with Gasteiger partial charge in [-0.25, -0.2) is 4.57 Å². The van der Waals surface area contributed by atoms with Gasteiger partial charge in [0.1, 0.15) is 6.61 Å². The Morgan fingerprint density at radius 3 is 1.52 bits per heavy atom. The summed E-state index contributed by atoms with van der Waals surface area (Å²) in [4.78, 5) is 34.3. The zero-order valence-electron chi connectivity index (χ0n) is 30.9. The topological polar surface area (TPSA) is 108 Å². The maximum Gasteiger partial charge on any atom is 0.472 e. The predicted octanol–water partition coefficient (Wildman–Crippen LogP) is 11.7. The number of unbranched alkanes of at least 4 members (excludes halogenated alkanes) is 18. The van der Waals surface area contributed by atoms with E-state index in [-0.39, 0.29) is 19.0 Å². The molecule has 2 unspecified atom stereocenters. The second-order valence-electron chi connectivity index (χ2n) is 12.7. The lowest BCUT2D eigenvalue weighted by Gasteiger charge is -2.19. The van der Waals surface area contributed by atoms with Gasteiger partial charge in [0.25, 0.3) is 0 Å². The zero-order valence-corrected chi connectivity index (χ0v) is 31.8. The molecule has 0 amide bonds. The van der Waals surface area contributed by atoms with Gasteiger partial charge in [0.2, 0.25) is 0 Å². The fourth-order valence-electron chi connectivity index (χ4n) is 5.13. The maximum absolute atomic E-state index is 12.4. The van der Waals surface area contributed by atoms with Crippen molar-refractivity contribution in [2.75, 3.05) is 20.3 Å². The Morgan fingerprint density at radius 1 is 0.583 bits per heavy atom. The third kappa shape index (κ3) is 34.1. The van der Waals surface area contributed by atoms with Crippen LogP contribution in [0.3, 0.4) is 0 Å². The van der Waals surface area contributed by atoms with Crippen LogP contribution in [-0.4, -0.2) is 43.3 Å². The molecule has 0 radical (unpaired) electrons. The van der Waals surface area contributed by atoms with Crippen molar-refractivity contribution in [1.29, 1.82) is 0 Å². The second kappa shape index (κ2) is 35.1. The van der Waals surface area contributed by atoms with Gasteiger partial charge in [-0.2, -0.15) is 0 Å². The van der Waals surface area contributed by atoms with Crippen LogP contribution < -0.4 is 0 Å². The number of hydrogen-bond donors (Lipinski definition) is 1. The lowest BCUT2D eigenvalue weighted by atomic mass is 10.1. The number of ether oxygens (including phenoxy) is 2. The molecule has 0 fully saturated rings. The predicted molar refractivity (Wildman–Crippen MR) is 198 cm³/mol. The van der Waals surface area contributed by atoms with Gasteiger partial charge in [-0.1, -0.05) is 147 Å². The van der Waals surface area contributed by atoms with Crippen molar-refractivity contribution in [2.45, 2.75) is 180 Å². The fourth-order valence-corrected chi connectivity index (χ4v) is 5.59. The number of allylic oxidation sites excluding steroid dienone is 6. The van der Waals surface area contributed by atoms with Crippen LogP contribution in [0.4, 0.5) is 0 Å². The minimum Gasteiger partial charge on any atom is -0.462 e. The number of carbonyl (C=O) groups is 2. The van der Waals surface area contributed by atoms with E-state index in [0.29, 0.717) is 12.8 Å². The second-order valence-corrected chi connectivity index (χ2v) is 14.3. The first kappa shape index (κ1) is 46.3. The number of phosphoric ester groups is 1. The number of phosphoric acid groups is 1. The molecule has 0 aromatic rings. The summed E-state index contributed by atoms with van der Waals surface area (Å²) in [7, 11) is -3.20. The van der Waals surface area contributed by atoms with Crippen LogP contribution in [0.5, 0.6) is 0 Å². The molecule has 1 N–H and O–H groups in total. The zero-order chi connectivity index (χ0) is 35.4. The summed E-state index contributed by atoms with van der Waals surface area (Å²) < 4.78 is 31.8. The highest BCUT2D eigenvalue weighted by Gasteiger charge is 2.24. The Morgan fingerprint density at radius 2 is 1.00 bits per heavy atom. The molecule has 0 bridgehead atoms. The van der Waals surface area contributed by atoms with Crippen LogP contribution in [0.2, 0.25) is 0 Å². The van der Waals surface area contributed by atoms with E-state index in [2.05, 4.69) is 54.8 Å². The largest absolute Gasteiger partial charge is 0.472 e. The molecule has 0 aliphatic carbocycles. The van der Waals surface area contributed by atoms with E-state index in [4.69, 9.17) is 14.0 Å². The van der Waals surface area contributed by atoms with Crippen molar-refractivity contribution in [3.63, 3.8) is 0 Å². The van der Waals surface area contributed by atoms with Gasteiger partial charge >= 0.3 is 19.8 Å². The fraction of sp³-hybridized carbons (Fsp3) is 0.795.